The number of rotatable bonds is 6. The van der Waals surface area contributed by atoms with E-state index in [0.717, 1.165) is 5.56 Å². The molecule has 8 heteroatoms. The van der Waals surface area contributed by atoms with Crippen molar-refractivity contribution in [3.8, 4) is 11.4 Å². The lowest BCUT2D eigenvalue weighted by Gasteiger charge is -2.13. The third kappa shape index (κ3) is 4.10. The van der Waals surface area contributed by atoms with Crippen LogP contribution in [0.2, 0.25) is 0 Å². The Hall–Kier alpha value is -3.10. The van der Waals surface area contributed by atoms with Gasteiger partial charge >= 0.3 is 0 Å². The third-order valence-corrected chi connectivity index (χ3v) is 6.26. The Morgan fingerprint density at radius 3 is 2.77 bits per heavy atom. The topological polar surface area (TPSA) is 73.2 Å². The number of para-hydroxylation sites is 1. The van der Waals surface area contributed by atoms with Crippen LogP contribution in [0, 0.1) is 6.92 Å². The van der Waals surface area contributed by atoms with Gasteiger partial charge in [-0.05, 0) is 48.2 Å². The number of nitrogens with zero attached hydrogens (tertiary/aromatic N) is 2. The summed E-state index contributed by atoms with van der Waals surface area (Å²) in [5, 5.41) is 5.20. The highest BCUT2D eigenvalue weighted by Crippen LogP contribution is 2.27. The van der Waals surface area contributed by atoms with Gasteiger partial charge in [-0.1, -0.05) is 36.0 Å². The van der Waals surface area contributed by atoms with Crippen molar-refractivity contribution < 1.29 is 9.53 Å². The fraction of sp³-hybridized carbons (Fsp3) is 0.136. The Morgan fingerprint density at radius 2 is 2.00 bits per heavy atom. The van der Waals surface area contributed by atoms with Crippen molar-refractivity contribution in [2.75, 3.05) is 18.2 Å². The van der Waals surface area contributed by atoms with Crippen molar-refractivity contribution in [2.45, 2.75) is 12.1 Å². The maximum absolute atomic E-state index is 13.1. The van der Waals surface area contributed by atoms with Gasteiger partial charge in [0.1, 0.15) is 10.4 Å². The summed E-state index contributed by atoms with van der Waals surface area (Å²) < 4.78 is 7.47. The number of amides is 1. The number of hydrogen-bond acceptors (Lipinski definition) is 6. The normalized spacial score (nSPS) is 10.9. The molecule has 6 nitrogen and oxygen atoms in total. The van der Waals surface area contributed by atoms with Crippen molar-refractivity contribution in [3.63, 3.8) is 0 Å². The van der Waals surface area contributed by atoms with E-state index < -0.39 is 0 Å². The lowest BCUT2D eigenvalue weighted by Crippen LogP contribution is -2.22. The molecule has 2 aromatic heterocycles. The number of thioether (sulfide) groups is 1. The molecule has 2 aromatic carbocycles. The number of ether oxygens (including phenoxy) is 1. The van der Waals surface area contributed by atoms with E-state index in [9.17, 15) is 9.59 Å². The molecule has 1 amide bonds. The second-order valence-electron chi connectivity index (χ2n) is 6.55. The standard InChI is InChI=1S/C22H19N3O3S2/c1-14-8-9-18(28-2)17(12-14)23-19(26)13-30-22-24-16-10-11-29-20(16)21(27)25(22)15-6-4-3-5-7-15/h3-12H,13H2,1-2H3,(H,23,26). The quantitative estimate of drug-likeness (QED) is 0.355. The Kier molecular flexibility index (Phi) is 5.87. The number of aromatic nitrogens is 2. The molecule has 0 spiro atoms. The van der Waals surface area contributed by atoms with Gasteiger partial charge < -0.3 is 10.1 Å². The van der Waals surface area contributed by atoms with Crippen LogP contribution < -0.4 is 15.6 Å². The van der Waals surface area contributed by atoms with E-state index in [4.69, 9.17) is 4.74 Å². The van der Waals surface area contributed by atoms with Crippen LogP contribution in [0.5, 0.6) is 5.75 Å². The molecule has 0 fully saturated rings. The van der Waals surface area contributed by atoms with E-state index in [-0.39, 0.29) is 17.2 Å². The smallest absolute Gasteiger partial charge is 0.276 e. The summed E-state index contributed by atoms with van der Waals surface area (Å²) in [7, 11) is 1.56. The maximum atomic E-state index is 13.1. The summed E-state index contributed by atoms with van der Waals surface area (Å²) in [6, 6.07) is 16.7. The monoisotopic (exact) mass is 437 g/mol. The predicted molar refractivity (Wildman–Crippen MR) is 122 cm³/mol. The molecular weight excluding hydrogens is 418 g/mol. The van der Waals surface area contributed by atoms with E-state index in [1.54, 1.807) is 11.7 Å². The van der Waals surface area contributed by atoms with Gasteiger partial charge in [0.05, 0.1) is 29.8 Å². The molecule has 0 saturated heterocycles. The Bertz CT molecular complexity index is 1270. The fourth-order valence-electron chi connectivity index (χ4n) is 3.03. The van der Waals surface area contributed by atoms with E-state index >= 15 is 0 Å². The lowest BCUT2D eigenvalue weighted by molar-refractivity contribution is -0.113. The number of fused-ring (bicyclic) bond motifs is 1. The summed E-state index contributed by atoms with van der Waals surface area (Å²) in [6.45, 7) is 1.95. The molecule has 0 aliphatic rings. The number of hydrogen-bond donors (Lipinski definition) is 1. The van der Waals surface area contributed by atoms with Gasteiger partial charge in [-0.3, -0.25) is 14.2 Å². The van der Waals surface area contributed by atoms with Crippen LogP contribution in [-0.4, -0.2) is 28.3 Å². The average molecular weight is 438 g/mol. The SMILES string of the molecule is COc1ccc(C)cc1NC(=O)CSc1nc2ccsc2c(=O)n1-c1ccccc1. The molecular formula is C22H19N3O3S2. The molecule has 0 aliphatic heterocycles. The second-order valence-corrected chi connectivity index (χ2v) is 8.40. The number of carbonyl (C=O) groups excluding carboxylic acids is 1. The van der Waals surface area contributed by atoms with Gasteiger partial charge in [-0.15, -0.1) is 11.3 Å². The molecule has 152 valence electrons. The molecule has 2 heterocycles. The molecule has 0 saturated carbocycles. The summed E-state index contributed by atoms with van der Waals surface area (Å²) in [5.74, 6) is 0.493. The highest BCUT2D eigenvalue weighted by molar-refractivity contribution is 7.99. The summed E-state index contributed by atoms with van der Waals surface area (Å²) in [6.07, 6.45) is 0. The fourth-order valence-corrected chi connectivity index (χ4v) is 4.60. The van der Waals surface area contributed by atoms with Gasteiger partial charge in [0.25, 0.3) is 5.56 Å². The Morgan fingerprint density at radius 1 is 1.20 bits per heavy atom. The van der Waals surface area contributed by atoms with Gasteiger partial charge in [0.15, 0.2) is 5.16 Å². The van der Waals surface area contributed by atoms with E-state index in [2.05, 4.69) is 10.3 Å². The molecule has 0 bridgehead atoms. The van der Waals surface area contributed by atoms with Gasteiger partial charge in [-0.2, -0.15) is 0 Å². The third-order valence-electron chi connectivity index (χ3n) is 4.42. The number of carbonyl (C=O) groups is 1. The van der Waals surface area contributed by atoms with Gasteiger partial charge in [-0.25, -0.2) is 4.98 Å². The predicted octanol–water partition coefficient (Wildman–Crippen LogP) is 4.50. The van der Waals surface area contributed by atoms with Crippen LogP contribution >= 0.6 is 23.1 Å². The first-order valence-electron chi connectivity index (χ1n) is 9.20. The van der Waals surface area contributed by atoms with Crippen LogP contribution in [0.4, 0.5) is 5.69 Å². The number of thiophene rings is 1. The number of benzene rings is 2. The number of anilines is 1. The molecule has 0 radical (unpaired) electrons. The molecule has 0 atom stereocenters. The minimum atomic E-state index is -0.205. The summed E-state index contributed by atoms with van der Waals surface area (Å²) >= 11 is 2.59. The molecule has 0 aliphatic carbocycles. The number of aryl methyl sites for hydroxylation is 1. The van der Waals surface area contributed by atoms with Crippen LogP contribution in [0.1, 0.15) is 5.56 Å². The molecule has 1 N–H and O–H groups in total. The van der Waals surface area contributed by atoms with Crippen molar-refractivity contribution in [1.29, 1.82) is 0 Å². The molecule has 4 aromatic rings. The molecule has 30 heavy (non-hydrogen) atoms. The van der Waals surface area contributed by atoms with E-state index in [1.807, 2.05) is 66.9 Å². The summed E-state index contributed by atoms with van der Waals surface area (Å²) in [4.78, 5) is 30.3. The van der Waals surface area contributed by atoms with Crippen molar-refractivity contribution in [3.05, 3.63) is 75.9 Å². The second kappa shape index (κ2) is 8.73. The summed E-state index contributed by atoms with van der Waals surface area (Å²) in [5.41, 5.74) is 2.85. The zero-order chi connectivity index (χ0) is 21.1. The van der Waals surface area contributed by atoms with Gasteiger partial charge in [0, 0.05) is 0 Å². The van der Waals surface area contributed by atoms with Crippen molar-refractivity contribution in [2.24, 2.45) is 0 Å². The highest BCUT2D eigenvalue weighted by Gasteiger charge is 2.16. The first kappa shape index (κ1) is 20.2. The first-order chi connectivity index (χ1) is 14.6. The lowest BCUT2D eigenvalue weighted by atomic mass is 10.2. The van der Waals surface area contributed by atoms with Crippen LogP contribution in [-0.2, 0) is 4.79 Å². The van der Waals surface area contributed by atoms with Crippen LogP contribution in [0.15, 0.2) is 69.9 Å². The Balaban J connectivity index is 1.62. The van der Waals surface area contributed by atoms with Crippen molar-refractivity contribution >= 4 is 44.9 Å². The minimum absolute atomic E-state index is 0.103. The van der Waals surface area contributed by atoms with Crippen LogP contribution in [0.25, 0.3) is 15.9 Å². The average Bonchev–Trinajstić information content (AvgIpc) is 3.22. The number of nitrogens with one attached hydrogen (secondary N) is 1. The maximum Gasteiger partial charge on any atom is 0.276 e. The van der Waals surface area contributed by atoms with Gasteiger partial charge in [0.2, 0.25) is 5.91 Å². The van der Waals surface area contributed by atoms with Crippen molar-refractivity contribution in [1.82, 2.24) is 9.55 Å². The molecule has 4 rings (SSSR count). The Labute approximate surface area is 181 Å². The molecule has 0 unspecified atom stereocenters. The highest BCUT2D eigenvalue weighted by atomic mass is 32.2. The number of methoxy groups -OCH3 is 1. The minimum Gasteiger partial charge on any atom is -0.495 e. The van der Waals surface area contributed by atoms with Crippen LogP contribution in [0.3, 0.4) is 0 Å². The largest absolute Gasteiger partial charge is 0.495 e. The zero-order valence-electron chi connectivity index (χ0n) is 16.4. The first-order valence-corrected chi connectivity index (χ1v) is 11.1. The zero-order valence-corrected chi connectivity index (χ0v) is 18.0. The van der Waals surface area contributed by atoms with E-state index in [0.29, 0.717) is 32.5 Å². The van der Waals surface area contributed by atoms with E-state index in [1.165, 1.54) is 23.1 Å².